The first kappa shape index (κ1) is 21.1. The molecule has 1 aliphatic rings. The highest BCUT2D eigenvalue weighted by Crippen LogP contribution is 2.17. The summed E-state index contributed by atoms with van der Waals surface area (Å²) in [5.41, 5.74) is 4.08. The molecule has 2 aromatic carbocycles. The predicted octanol–water partition coefficient (Wildman–Crippen LogP) is 3.57. The van der Waals surface area contributed by atoms with Gasteiger partial charge in [0.05, 0.1) is 11.9 Å². The second-order valence-electron chi connectivity index (χ2n) is 7.87. The van der Waals surface area contributed by atoms with Crippen molar-refractivity contribution >= 4 is 23.4 Å². The van der Waals surface area contributed by atoms with E-state index in [1.165, 1.54) is 5.56 Å². The van der Waals surface area contributed by atoms with Crippen LogP contribution in [0.3, 0.4) is 0 Å². The number of piperidine rings is 1. The summed E-state index contributed by atoms with van der Waals surface area (Å²) in [6.07, 6.45) is 3.03. The SMILES string of the molecule is Cc1ccc(-n2cc(C(=O)N3CCC(NC(=O)c4cccc(Cl)c4)CC3)nn2)cc1C. The smallest absolute Gasteiger partial charge is 0.276 e. The Bertz CT molecular complexity index is 1120. The van der Waals surface area contributed by atoms with Crippen LogP contribution in [0.2, 0.25) is 5.02 Å². The molecule has 3 aromatic rings. The zero-order valence-electron chi connectivity index (χ0n) is 17.5. The van der Waals surface area contributed by atoms with Crippen molar-refractivity contribution in [3.8, 4) is 5.69 Å². The number of hydrogen-bond acceptors (Lipinski definition) is 4. The van der Waals surface area contributed by atoms with Crippen LogP contribution in [0.4, 0.5) is 0 Å². The lowest BCUT2D eigenvalue weighted by atomic mass is 10.0. The van der Waals surface area contributed by atoms with Crippen molar-refractivity contribution in [1.82, 2.24) is 25.2 Å². The molecule has 31 heavy (non-hydrogen) atoms. The van der Waals surface area contributed by atoms with Crippen LogP contribution in [0.5, 0.6) is 0 Å². The van der Waals surface area contributed by atoms with Gasteiger partial charge in [0.2, 0.25) is 0 Å². The molecule has 1 fully saturated rings. The molecule has 2 amide bonds. The summed E-state index contributed by atoms with van der Waals surface area (Å²) in [5, 5.41) is 11.8. The zero-order valence-corrected chi connectivity index (χ0v) is 18.3. The third kappa shape index (κ3) is 4.77. The van der Waals surface area contributed by atoms with Gasteiger partial charge in [-0.15, -0.1) is 5.10 Å². The lowest BCUT2D eigenvalue weighted by molar-refractivity contribution is 0.0692. The molecule has 1 saturated heterocycles. The molecule has 1 aliphatic heterocycles. The van der Waals surface area contributed by atoms with Crippen molar-refractivity contribution in [2.75, 3.05) is 13.1 Å². The average Bonchev–Trinajstić information content (AvgIpc) is 3.26. The van der Waals surface area contributed by atoms with Crippen molar-refractivity contribution in [2.45, 2.75) is 32.7 Å². The molecule has 1 aromatic heterocycles. The van der Waals surface area contributed by atoms with Gasteiger partial charge in [0.15, 0.2) is 5.69 Å². The average molecular weight is 438 g/mol. The Labute approximate surface area is 186 Å². The van der Waals surface area contributed by atoms with Crippen LogP contribution in [0.15, 0.2) is 48.7 Å². The van der Waals surface area contributed by atoms with E-state index < -0.39 is 0 Å². The first-order valence-corrected chi connectivity index (χ1v) is 10.6. The summed E-state index contributed by atoms with van der Waals surface area (Å²) >= 11 is 5.96. The molecule has 1 N–H and O–H groups in total. The molecule has 0 radical (unpaired) electrons. The topological polar surface area (TPSA) is 80.1 Å². The molecule has 8 heteroatoms. The largest absolute Gasteiger partial charge is 0.349 e. The summed E-state index contributed by atoms with van der Waals surface area (Å²) in [6, 6.07) is 12.9. The van der Waals surface area contributed by atoms with Gasteiger partial charge in [-0.05, 0) is 68.1 Å². The Morgan fingerprint density at radius 3 is 2.55 bits per heavy atom. The summed E-state index contributed by atoms with van der Waals surface area (Å²) in [7, 11) is 0. The number of hydrogen-bond donors (Lipinski definition) is 1. The molecule has 0 atom stereocenters. The van der Waals surface area contributed by atoms with Crippen molar-refractivity contribution < 1.29 is 9.59 Å². The van der Waals surface area contributed by atoms with Crippen molar-refractivity contribution in [1.29, 1.82) is 0 Å². The highest BCUT2D eigenvalue weighted by atomic mass is 35.5. The van der Waals surface area contributed by atoms with E-state index in [4.69, 9.17) is 11.6 Å². The summed E-state index contributed by atoms with van der Waals surface area (Å²) in [4.78, 5) is 27.0. The van der Waals surface area contributed by atoms with Crippen molar-refractivity contribution in [2.24, 2.45) is 0 Å². The molecule has 7 nitrogen and oxygen atoms in total. The van der Waals surface area contributed by atoms with E-state index in [0.717, 1.165) is 11.3 Å². The molecule has 160 valence electrons. The standard InChI is InChI=1S/C23H24ClN5O2/c1-15-6-7-20(12-16(15)2)29-14-21(26-27-29)23(31)28-10-8-19(9-11-28)25-22(30)17-4-3-5-18(24)13-17/h3-7,12-14,19H,8-11H2,1-2H3,(H,25,30). The van der Waals surface area contributed by atoms with Gasteiger partial charge in [-0.25, -0.2) is 4.68 Å². The number of amides is 2. The number of likely N-dealkylation sites (tertiary alicyclic amines) is 1. The van der Waals surface area contributed by atoms with Crippen LogP contribution in [0.1, 0.15) is 44.8 Å². The fourth-order valence-corrected chi connectivity index (χ4v) is 3.83. The van der Waals surface area contributed by atoms with E-state index in [-0.39, 0.29) is 17.9 Å². The summed E-state index contributed by atoms with van der Waals surface area (Å²) in [6.45, 7) is 5.19. The van der Waals surface area contributed by atoms with Crippen LogP contribution in [0, 0.1) is 13.8 Å². The van der Waals surface area contributed by atoms with Crippen LogP contribution >= 0.6 is 11.6 Å². The van der Waals surface area contributed by atoms with Crippen molar-refractivity contribution in [3.05, 3.63) is 76.1 Å². The van der Waals surface area contributed by atoms with Gasteiger partial charge >= 0.3 is 0 Å². The lowest BCUT2D eigenvalue weighted by Gasteiger charge is -2.31. The second-order valence-corrected chi connectivity index (χ2v) is 8.30. The molecule has 0 spiro atoms. The maximum atomic E-state index is 12.9. The van der Waals surface area contributed by atoms with Crippen molar-refractivity contribution in [3.63, 3.8) is 0 Å². The number of aromatic nitrogens is 3. The van der Waals surface area contributed by atoms with Crippen LogP contribution in [-0.4, -0.2) is 50.8 Å². The highest BCUT2D eigenvalue weighted by molar-refractivity contribution is 6.30. The third-order valence-corrected chi connectivity index (χ3v) is 5.91. The fraction of sp³-hybridized carbons (Fsp3) is 0.304. The molecule has 4 rings (SSSR count). The van der Waals surface area contributed by atoms with E-state index in [0.29, 0.717) is 42.2 Å². The van der Waals surface area contributed by atoms with Crippen LogP contribution in [-0.2, 0) is 0 Å². The molecule has 0 bridgehead atoms. The molecule has 0 saturated carbocycles. The van der Waals surface area contributed by atoms with E-state index in [1.807, 2.05) is 25.1 Å². The number of nitrogens with one attached hydrogen (secondary N) is 1. The Balaban J connectivity index is 1.35. The molecule has 0 aliphatic carbocycles. The Morgan fingerprint density at radius 1 is 1.06 bits per heavy atom. The van der Waals surface area contributed by atoms with E-state index in [9.17, 15) is 9.59 Å². The number of rotatable bonds is 4. The Hall–Kier alpha value is -3.19. The van der Waals surface area contributed by atoms with E-state index in [2.05, 4.69) is 22.6 Å². The molecule has 0 unspecified atom stereocenters. The van der Waals surface area contributed by atoms with Crippen LogP contribution < -0.4 is 5.32 Å². The maximum absolute atomic E-state index is 12.9. The molecular formula is C23H24ClN5O2. The van der Waals surface area contributed by atoms with Gasteiger partial charge in [0.1, 0.15) is 0 Å². The van der Waals surface area contributed by atoms with Gasteiger partial charge in [-0.1, -0.05) is 28.9 Å². The highest BCUT2D eigenvalue weighted by Gasteiger charge is 2.26. The van der Waals surface area contributed by atoms with Gasteiger partial charge in [0.25, 0.3) is 11.8 Å². The number of carbonyl (C=O) groups excluding carboxylic acids is 2. The lowest BCUT2D eigenvalue weighted by Crippen LogP contribution is -2.46. The summed E-state index contributed by atoms with van der Waals surface area (Å²) < 4.78 is 1.62. The van der Waals surface area contributed by atoms with Gasteiger partial charge in [0, 0.05) is 29.7 Å². The molecule has 2 heterocycles. The zero-order chi connectivity index (χ0) is 22.0. The fourth-order valence-electron chi connectivity index (χ4n) is 3.64. The van der Waals surface area contributed by atoms with Crippen LogP contribution in [0.25, 0.3) is 5.69 Å². The third-order valence-electron chi connectivity index (χ3n) is 5.67. The van der Waals surface area contributed by atoms with E-state index in [1.54, 1.807) is 40.0 Å². The van der Waals surface area contributed by atoms with Gasteiger partial charge < -0.3 is 10.2 Å². The quantitative estimate of drug-likeness (QED) is 0.676. The normalized spacial score (nSPS) is 14.5. The maximum Gasteiger partial charge on any atom is 0.276 e. The molecular weight excluding hydrogens is 414 g/mol. The number of halogens is 1. The second kappa shape index (κ2) is 8.89. The summed E-state index contributed by atoms with van der Waals surface area (Å²) in [5.74, 6) is -0.293. The predicted molar refractivity (Wildman–Crippen MR) is 119 cm³/mol. The minimum Gasteiger partial charge on any atom is -0.349 e. The Kier molecular flexibility index (Phi) is 6.04. The number of benzene rings is 2. The number of carbonyl (C=O) groups is 2. The number of nitrogens with zero attached hydrogens (tertiary/aromatic N) is 4. The van der Waals surface area contributed by atoms with Gasteiger partial charge in [-0.2, -0.15) is 0 Å². The minimum atomic E-state index is -0.149. The van der Waals surface area contributed by atoms with Gasteiger partial charge in [-0.3, -0.25) is 9.59 Å². The first-order valence-electron chi connectivity index (χ1n) is 10.3. The van der Waals surface area contributed by atoms with E-state index >= 15 is 0 Å². The minimum absolute atomic E-state index is 0.0155. The first-order chi connectivity index (χ1) is 14.9. The monoisotopic (exact) mass is 437 g/mol. The number of aryl methyl sites for hydroxylation is 2. The Morgan fingerprint density at radius 2 is 1.84 bits per heavy atom.